The van der Waals surface area contributed by atoms with Crippen molar-refractivity contribution in [1.29, 1.82) is 0 Å². The van der Waals surface area contributed by atoms with Gasteiger partial charge < -0.3 is 0 Å². The highest BCUT2D eigenvalue weighted by Crippen LogP contribution is 2.11. The Morgan fingerprint density at radius 1 is 1.23 bits per heavy atom. The van der Waals surface area contributed by atoms with Crippen molar-refractivity contribution in [3.63, 3.8) is 0 Å². The Kier molecular flexibility index (Phi) is 7.77. The second-order valence-electron chi connectivity index (χ2n) is 3.46. The molecule has 0 saturated carbocycles. The molecule has 0 aliphatic carbocycles. The normalized spacial score (nSPS) is 14.5. The molecule has 0 fully saturated rings. The van der Waals surface area contributed by atoms with Crippen LogP contribution in [0.3, 0.4) is 0 Å². The minimum atomic E-state index is 0.670. The summed E-state index contributed by atoms with van der Waals surface area (Å²) in [5, 5.41) is 0. The van der Waals surface area contributed by atoms with E-state index in [1.807, 2.05) is 13.0 Å². The molecule has 0 unspecified atom stereocenters. The summed E-state index contributed by atoms with van der Waals surface area (Å²) in [5.41, 5.74) is 1.35. The predicted molar refractivity (Wildman–Crippen MR) is 61.9 cm³/mol. The van der Waals surface area contributed by atoms with Crippen LogP contribution in [0.2, 0.25) is 0 Å². The highest BCUT2D eigenvalue weighted by atomic mass is 14.0. The van der Waals surface area contributed by atoms with Gasteiger partial charge in [0.05, 0.1) is 1.37 Å². The Morgan fingerprint density at radius 2 is 1.92 bits per heavy atom. The van der Waals surface area contributed by atoms with Crippen LogP contribution in [0, 0.1) is 0 Å². The lowest BCUT2D eigenvalue weighted by molar-refractivity contribution is 0.778. The smallest absolute Gasteiger partial charge is 0.0573 e. The number of unbranched alkanes of at least 4 members (excludes halogenated alkanes) is 3. The molecule has 76 valence electrons. The van der Waals surface area contributed by atoms with E-state index in [1.54, 1.807) is 0 Å². The first-order chi connectivity index (χ1) is 6.70. The summed E-state index contributed by atoms with van der Waals surface area (Å²) < 4.78 is 7.44. The highest BCUT2D eigenvalue weighted by Gasteiger charge is 1.91. The molecule has 0 heterocycles. The molecule has 0 aliphatic heterocycles. The average Bonchev–Trinajstić information content (AvgIpc) is 2.13. The number of hydrogen-bond donors (Lipinski definition) is 0. The van der Waals surface area contributed by atoms with Crippen molar-refractivity contribution in [2.45, 2.75) is 59.3 Å². The van der Waals surface area contributed by atoms with E-state index in [-0.39, 0.29) is 0 Å². The van der Waals surface area contributed by atoms with E-state index < -0.39 is 0 Å². The van der Waals surface area contributed by atoms with Crippen LogP contribution >= 0.6 is 0 Å². The van der Waals surface area contributed by atoms with Crippen molar-refractivity contribution in [2.75, 3.05) is 0 Å². The van der Waals surface area contributed by atoms with Crippen LogP contribution in [-0.4, -0.2) is 0 Å². The molecule has 0 atom stereocenters. The molecular weight excluding hydrogens is 156 g/mol. The van der Waals surface area contributed by atoms with Crippen molar-refractivity contribution in [3.8, 4) is 0 Å². The van der Waals surface area contributed by atoms with Gasteiger partial charge in [-0.05, 0) is 26.2 Å². The molecule has 0 bridgehead atoms. The first-order valence-electron chi connectivity index (χ1n) is 6.04. The van der Waals surface area contributed by atoms with Crippen molar-refractivity contribution >= 4 is 0 Å². The van der Waals surface area contributed by atoms with Crippen LogP contribution in [-0.2, 0) is 0 Å². The van der Waals surface area contributed by atoms with Gasteiger partial charge in [-0.3, -0.25) is 0 Å². The lowest BCUT2D eigenvalue weighted by atomic mass is 10.1. The summed E-state index contributed by atoms with van der Waals surface area (Å²) in [6, 6.07) is 0.670. The minimum absolute atomic E-state index is 0.670. The maximum atomic E-state index is 7.44. The second-order valence-corrected chi connectivity index (χ2v) is 3.46. The van der Waals surface area contributed by atoms with E-state index in [9.17, 15) is 0 Å². The minimum Gasteiger partial charge on any atom is -0.0874 e. The highest BCUT2D eigenvalue weighted by molar-refractivity contribution is 5.17. The van der Waals surface area contributed by atoms with Gasteiger partial charge in [0.2, 0.25) is 0 Å². The van der Waals surface area contributed by atoms with E-state index in [1.165, 1.54) is 37.7 Å². The molecule has 0 aromatic carbocycles. The van der Waals surface area contributed by atoms with E-state index in [0.717, 1.165) is 6.42 Å². The van der Waals surface area contributed by atoms with Gasteiger partial charge in [0, 0.05) is 0 Å². The van der Waals surface area contributed by atoms with Crippen LogP contribution in [0.5, 0.6) is 0 Å². The zero-order valence-corrected chi connectivity index (χ0v) is 9.40. The summed E-state index contributed by atoms with van der Waals surface area (Å²) in [7, 11) is 0. The van der Waals surface area contributed by atoms with Crippen molar-refractivity contribution < 1.29 is 1.37 Å². The quantitative estimate of drug-likeness (QED) is 0.388. The Balaban J connectivity index is 4.09. The van der Waals surface area contributed by atoms with Gasteiger partial charge in [0.1, 0.15) is 0 Å². The van der Waals surface area contributed by atoms with Crippen molar-refractivity contribution in [3.05, 3.63) is 23.8 Å². The second kappa shape index (κ2) is 9.57. The number of rotatable bonds is 7. The lowest BCUT2D eigenvalue weighted by Gasteiger charge is -2.00. The topological polar surface area (TPSA) is 0 Å². The third-order valence-corrected chi connectivity index (χ3v) is 2.11. The van der Waals surface area contributed by atoms with Gasteiger partial charge in [0.15, 0.2) is 0 Å². The molecular formula is C13H24. The summed E-state index contributed by atoms with van der Waals surface area (Å²) in [6.45, 7) is 6.27. The van der Waals surface area contributed by atoms with Gasteiger partial charge in [-0.15, -0.1) is 0 Å². The summed E-state index contributed by atoms with van der Waals surface area (Å²) >= 11 is 0. The van der Waals surface area contributed by atoms with Crippen LogP contribution in [0.1, 0.15) is 60.7 Å². The molecule has 0 saturated heterocycles. The molecule has 0 aliphatic rings. The lowest BCUT2D eigenvalue weighted by Crippen LogP contribution is -1.80. The Labute approximate surface area is 85.1 Å². The van der Waals surface area contributed by atoms with Gasteiger partial charge in [-0.1, -0.05) is 56.9 Å². The summed E-state index contributed by atoms with van der Waals surface area (Å²) in [4.78, 5) is 0. The molecule has 0 radical (unpaired) electrons. The molecule has 0 nitrogen and oxygen atoms in total. The first kappa shape index (κ1) is 10.6. The van der Waals surface area contributed by atoms with Gasteiger partial charge in [0.25, 0.3) is 0 Å². The van der Waals surface area contributed by atoms with Crippen LogP contribution in [0.4, 0.5) is 0 Å². The fourth-order valence-electron chi connectivity index (χ4n) is 1.29. The summed E-state index contributed by atoms with van der Waals surface area (Å²) in [5.74, 6) is 0. The molecule has 0 heteroatoms. The van der Waals surface area contributed by atoms with Crippen molar-refractivity contribution in [2.24, 2.45) is 0 Å². The van der Waals surface area contributed by atoms with Gasteiger partial charge in [-0.25, -0.2) is 0 Å². The summed E-state index contributed by atoms with van der Waals surface area (Å²) in [6.07, 6.45) is 11.6. The van der Waals surface area contributed by atoms with Crippen LogP contribution in [0.25, 0.3) is 0 Å². The molecule has 0 amide bonds. The largest absolute Gasteiger partial charge is 0.0874 e. The zero-order chi connectivity index (χ0) is 10.8. The fraction of sp³-hybridized carbons (Fsp3) is 0.692. The van der Waals surface area contributed by atoms with Gasteiger partial charge >= 0.3 is 0 Å². The first-order valence-corrected chi connectivity index (χ1v) is 5.54. The molecule has 0 rings (SSSR count). The van der Waals surface area contributed by atoms with Crippen molar-refractivity contribution in [1.82, 2.24) is 0 Å². The molecule has 0 aromatic rings. The predicted octanol–water partition coefficient (Wildman–Crippen LogP) is 4.87. The van der Waals surface area contributed by atoms with Crippen LogP contribution < -0.4 is 0 Å². The molecule has 13 heavy (non-hydrogen) atoms. The van der Waals surface area contributed by atoms with E-state index in [2.05, 4.69) is 19.9 Å². The fourth-order valence-corrected chi connectivity index (χ4v) is 1.29. The third-order valence-electron chi connectivity index (χ3n) is 2.11. The Hall–Kier alpha value is -0.520. The third kappa shape index (κ3) is 7.83. The Morgan fingerprint density at radius 3 is 2.46 bits per heavy atom. The number of hydrogen-bond acceptors (Lipinski definition) is 0. The van der Waals surface area contributed by atoms with Gasteiger partial charge in [-0.2, -0.15) is 0 Å². The maximum absolute atomic E-state index is 7.44. The maximum Gasteiger partial charge on any atom is 0.0573 e. The standard InChI is InChI=1S/C13H24/c1-4-7-9-12-13(10-6-3)11-8-5-2/h6,10,12H,4-5,7-9,11H2,1-3H3/b10-6+,13-12-/i6D. The SMILES string of the molecule is [2H]/C(C)=C\C(=C\CCCC)CCCC. The van der Waals surface area contributed by atoms with E-state index in [4.69, 9.17) is 1.37 Å². The average molecular weight is 181 g/mol. The molecule has 0 N–H and O–H groups in total. The Bertz CT molecular complexity index is 185. The van der Waals surface area contributed by atoms with E-state index >= 15 is 0 Å². The zero-order valence-electron chi connectivity index (χ0n) is 10.4. The van der Waals surface area contributed by atoms with Crippen LogP contribution in [0.15, 0.2) is 23.8 Å². The monoisotopic (exact) mass is 181 g/mol. The van der Waals surface area contributed by atoms with E-state index in [0.29, 0.717) is 6.05 Å². The number of allylic oxidation sites excluding steroid dienone is 4. The molecule has 0 spiro atoms. The molecule has 0 aromatic heterocycles.